The minimum atomic E-state index is -0.248. The Morgan fingerprint density at radius 3 is 2.73 bits per heavy atom. The van der Waals surface area contributed by atoms with Crippen LogP contribution in [0.1, 0.15) is 6.92 Å². The van der Waals surface area contributed by atoms with E-state index in [0.717, 1.165) is 0 Å². The molecule has 0 bridgehead atoms. The van der Waals surface area contributed by atoms with Gasteiger partial charge in [-0.05, 0) is 6.92 Å². The Hall–Kier alpha value is -0.630. The molecule has 0 aromatic heterocycles. The van der Waals surface area contributed by atoms with Gasteiger partial charge >= 0.3 is 0 Å². The van der Waals surface area contributed by atoms with Crippen LogP contribution in [0.15, 0.2) is 0 Å². The Kier molecular flexibility index (Phi) is 5.75. The zero-order chi connectivity index (χ0) is 8.69. The Balaban J connectivity index is 3.60. The molecule has 2 N–H and O–H groups in total. The average Bonchev–Trinajstić information content (AvgIpc) is 2.03. The highest BCUT2D eigenvalue weighted by Gasteiger charge is 2.08. The van der Waals surface area contributed by atoms with Gasteiger partial charge < -0.3 is 9.84 Å². The van der Waals surface area contributed by atoms with Crippen molar-refractivity contribution in [3.8, 4) is 6.07 Å². The molecule has 0 amide bonds. The van der Waals surface area contributed by atoms with Crippen LogP contribution in [0.25, 0.3) is 0 Å². The Labute approximate surface area is 66.8 Å². The molecule has 0 radical (unpaired) electrons. The highest BCUT2D eigenvalue weighted by molar-refractivity contribution is 4.87. The summed E-state index contributed by atoms with van der Waals surface area (Å²) in [6.07, 6.45) is 0. The van der Waals surface area contributed by atoms with Crippen LogP contribution in [0.3, 0.4) is 0 Å². The minimum absolute atomic E-state index is 0.0140. The lowest BCUT2D eigenvalue weighted by Crippen LogP contribution is -2.41. The van der Waals surface area contributed by atoms with E-state index >= 15 is 0 Å². The molecule has 0 aliphatic heterocycles. The van der Waals surface area contributed by atoms with Crippen molar-refractivity contribution >= 4 is 0 Å². The molecule has 2 unspecified atom stereocenters. The molecule has 0 rings (SSSR count). The Morgan fingerprint density at radius 1 is 1.73 bits per heavy atom. The zero-order valence-corrected chi connectivity index (χ0v) is 6.87. The van der Waals surface area contributed by atoms with Crippen molar-refractivity contribution in [2.45, 2.75) is 19.0 Å². The lowest BCUT2D eigenvalue weighted by molar-refractivity contribution is 0.126. The van der Waals surface area contributed by atoms with Gasteiger partial charge in [-0.15, -0.1) is 0 Å². The summed E-state index contributed by atoms with van der Waals surface area (Å²) in [7, 11) is 1.56. The normalized spacial score (nSPS) is 15.5. The third-order valence-electron chi connectivity index (χ3n) is 1.27. The molecule has 11 heavy (non-hydrogen) atoms. The van der Waals surface area contributed by atoms with Gasteiger partial charge in [0, 0.05) is 7.11 Å². The maximum absolute atomic E-state index is 8.75. The highest BCUT2D eigenvalue weighted by Crippen LogP contribution is 1.86. The van der Waals surface area contributed by atoms with E-state index in [1.54, 1.807) is 14.0 Å². The third kappa shape index (κ3) is 4.73. The van der Waals surface area contributed by atoms with Crippen LogP contribution >= 0.6 is 0 Å². The van der Waals surface area contributed by atoms with E-state index in [2.05, 4.69) is 5.32 Å². The third-order valence-corrected chi connectivity index (χ3v) is 1.27. The number of rotatable bonds is 5. The number of aliphatic hydroxyl groups excluding tert-OH is 1. The molecule has 4 nitrogen and oxygen atoms in total. The first kappa shape index (κ1) is 10.4. The maximum atomic E-state index is 8.75. The van der Waals surface area contributed by atoms with E-state index in [9.17, 15) is 0 Å². The maximum Gasteiger partial charge on any atom is 0.0928 e. The van der Waals surface area contributed by atoms with Crippen LogP contribution in [-0.2, 0) is 4.74 Å². The zero-order valence-electron chi connectivity index (χ0n) is 6.87. The van der Waals surface area contributed by atoms with Gasteiger partial charge in [-0.1, -0.05) is 0 Å². The van der Waals surface area contributed by atoms with Gasteiger partial charge in [0.25, 0.3) is 0 Å². The molecule has 0 spiro atoms. The van der Waals surface area contributed by atoms with Crippen LogP contribution < -0.4 is 5.32 Å². The number of nitrogens with one attached hydrogen (secondary N) is 1. The number of hydrogen-bond acceptors (Lipinski definition) is 4. The average molecular weight is 158 g/mol. The predicted molar refractivity (Wildman–Crippen MR) is 41.0 cm³/mol. The van der Waals surface area contributed by atoms with Crippen molar-refractivity contribution in [2.75, 3.05) is 20.3 Å². The van der Waals surface area contributed by atoms with E-state index in [4.69, 9.17) is 15.1 Å². The molecule has 0 heterocycles. The van der Waals surface area contributed by atoms with Crippen molar-refractivity contribution in [3.63, 3.8) is 0 Å². The van der Waals surface area contributed by atoms with Crippen molar-refractivity contribution in [1.82, 2.24) is 5.32 Å². The second kappa shape index (κ2) is 6.10. The molecule has 4 heteroatoms. The molecule has 64 valence electrons. The van der Waals surface area contributed by atoms with Crippen molar-refractivity contribution in [1.29, 1.82) is 5.26 Å². The lowest BCUT2D eigenvalue weighted by Gasteiger charge is -2.15. The van der Waals surface area contributed by atoms with Gasteiger partial charge in [0.05, 0.1) is 31.4 Å². The summed E-state index contributed by atoms with van der Waals surface area (Å²) in [6, 6.07) is 1.62. The topological polar surface area (TPSA) is 65.3 Å². The second-order valence-electron chi connectivity index (χ2n) is 2.35. The highest BCUT2D eigenvalue weighted by atomic mass is 16.5. The summed E-state index contributed by atoms with van der Waals surface area (Å²) in [5.74, 6) is 0. The molecule has 0 saturated heterocycles. The SMILES string of the molecule is COCC(CO)NC(C)C#N. The fourth-order valence-electron chi connectivity index (χ4n) is 0.746. The van der Waals surface area contributed by atoms with Gasteiger partial charge in [0.15, 0.2) is 0 Å². The van der Waals surface area contributed by atoms with Crippen LogP contribution in [-0.4, -0.2) is 37.5 Å². The molecular weight excluding hydrogens is 144 g/mol. The first-order valence-electron chi connectivity index (χ1n) is 3.50. The number of ether oxygens (including phenoxy) is 1. The lowest BCUT2D eigenvalue weighted by atomic mass is 10.3. The molecule has 0 saturated carbocycles. The molecule has 2 atom stereocenters. The number of hydrogen-bond donors (Lipinski definition) is 2. The number of nitrogens with zero attached hydrogens (tertiary/aromatic N) is 1. The summed E-state index contributed by atoms with van der Waals surface area (Å²) in [5.41, 5.74) is 0. The molecule has 0 aromatic rings. The van der Waals surface area contributed by atoms with Crippen molar-refractivity contribution in [2.24, 2.45) is 0 Å². The molecular formula is C7H14N2O2. The molecule has 0 aliphatic rings. The Bertz CT molecular complexity index is 133. The summed E-state index contributed by atoms with van der Waals surface area (Å²) in [4.78, 5) is 0. The molecule has 0 aliphatic carbocycles. The first-order valence-corrected chi connectivity index (χ1v) is 3.50. The van der Waals surface area contributed by atoms with E-state index in [0.29, 0.717) is 6.61 Å². The summed E-state index contributed by atoms with van der Waals surface area (Å²) in [5, 5.41) is 20.0. The largest absolute Gasteiger partial charge is 0.395 e. The molecule has 0 fully saturated rings. The smallest absolute Gasteiger partial charge is 0.0928 e. The van der Waals surface area contributed by atoms with Gasteiger partial charge in [-0.2, -0.15) is 5.26 Å². The Morgan fingerprint density at radius 2 is 2.36 bits per heavy atom. The van der Waals surface area contributed by atoms with E-state index in [-0.39, 0.29) is 18.7 Å². The van der Waals surface area contributed by atoms with Gasteiger partial charge in [-0.25, -0.2) is 0 Å². The number of aliphatic hydroxyl groups is 1. The van der Waals surface area contributed by atoms with Crippen LogP contribution in [0, 0.1) is 11.3 Å². The molecule has 0 aromatic carbocycles. The second-order valence-corrected chi connectivity index (χ2v) is 2.35. The van der Waals surface area contributed by atoms with Crippen LogP contribution in [0.2, 0.25) is 0 Å². The van der Waals surface area contributed by atoms with Gasteiger partial charge in [0.1, 0.15) is 0 Å². The van der Waals surface area contributed by atoms with Crippen LogP contribution in [0.4, 0.5) is 0 Å². The summed E-state index contributed by atoms with van der Waals surface area (Å²) >= 11 is 0. The number of nitriles is 1. The summed E-state index contributed by atoms with van der Waals surface area (Å²) < 4.78 is 4.81. The van der Waals surface area contributed by atoms with E-state index in [1.165, 1.54) is 0 Å². The number of methoxy groups -OCH3 is 1. The van der Waals surface area contributed by atoms with E-state index < -0.39 is 0 Å². The van der Waals surface area contributed by atoms with E-state index in [1.807, 2.05) is 6.07 Å². The minimum Gasteiger partial charge on any atom is -0.395 e. The van der Waals surface area contributed by atoms with Crippen molar-refractivity contribution < 1.29 is 9.84 Å². The fraction of sp³-hybridized carbons (Fsp3) is 0.857. The quantitative estimate of drug-likeness (QED) is 0.566. The predicted octanol–water partition coefficient (Wildman–Crippen LogP) is -0.505. The van der Waals surface area contributed by atoms with Gasteiger partial charge in [-0.3, -0.25) is 5.32 Å². The van der Waals surface area contributed by atoms with Crippen molar-refractivity contribution in [3.05, 3.63) is 0 Å². The van der Waals surface area contributed by atoms with Gasteiger partial charge in [0.2, 0.25) is 0 Å². The van der Waals surface area contributed by atoms with Crippen LogP contribution in [0.5, 0.6) is 0 Å². The monoisotopic (exact) mass is 158 g/mol. The standard InChI is InChI=1S/C7H14N2O2/c1-6(3-8)9-7(4-10)5-11-2/h6-7,9-10H,4-5H2,1-2H3. The first-order chi connectivity index (χ1) is 5.24. The fourth-order valence-corrected chi connectivity index (χ4v) is 0.746. The summed E-state index contributed by atoms with van der Waals surface area (Å²) in [6.45, 7) is 2.14.